The lowest BCUT2D eigenvalue weighted by Gasteiger charge is -2.17. The van der Waals surface area contributed by atoms with Gasteiger partial charge in [0.25, 0.3) is 11.8 Å². The Morgan fingerprint density at radius 1 is 0.944 bits per heavy atom. The lowest BCUT2D eigenvalue weighted by Crippen LogP contribution is -2.43. The summed E-state index contributed by atoms with van der Waals surface area (Å²) in [6.45, 7) is 1.33. The molecule has 0 aromatic heterocycles. The highest BCUT2D eigenvalue weighted by Crippen LogP contribution is 2.23. The zero-order chi connectivity index (χ0) is 25.5. The molecule has 36 heavy (non-hydrogen) atoms. The molecule has 4 rings (SSSR count). The second kappa shape index (κ2) is 11.2. The number of nitrogens with zero attached hydrogens (tertiary/aromatic N) is 1. The fourth-order valence-corrected chi connectivity index (χ4v) is 3.63. The van der Waals surface area contributed by atoms with E-state index in [4.69, 9.17) is 9.47 Å². The van der Waals surface area contributed by atoms with Crippen LogP contribution in [0.4, 0.5) is 5.69 Å². The minimum Gasteiger partial charge on any atom is -0.457 e. The Hall–Kier alpha value is -4.66. The summed E-state index contributed by atoms with van der Waals surface area (Å²) < 4.78 is 10.8. The summed E-state index contributed by atoms with van der Waals surface area (Å²) in [5, 5.41) is 3.75. The van der Waals surface area contributed by atoms with Gasteiger partial charge in [0.15, 0.2) is 6.61 Å². The van der Waals surface area contributed by atoms with Crippen LogP contribution in [0.15, 0.2) is 78.9 Å². The molecule has 1 aliphatic rings. The van der Waals surface area contributed by atoms with Gasteiger partial charge >= 0.3 is 5.97 Å². The van der Waals surface area contributed by atoms with Gasteiger partial charge in [-0.15, -0.1) is 0 Å². The molecule has 1 heterocycles. The number of carbonyl (C=O) groups excluding carboxylic acids is 4. The van der Waals surface area contributed by atoms with Crippen LogP contribution in [0.2, 0.25) is 0 Å². The van der Waals surface area contributed by atoms with Gasteiger partial charge in [0.05, 0.1) is 12.5 Å². The number of benzene rings is 3. The lowest BCUT2D eigenvalue weighted by molar-refractivity contribution is -0.151. The summed E-state index contributed by atoms with van der Waals surface area (Å²) in [5.41, 5.74) is 4.35. The Balaban J connectivity index is 1.22. The highest BCUT2D eigenvalue weighted by Gasteiger charge is 2.36. The third-order valence-electron chi connectivity index (χ3n) is 5.44. The molecular weight excluding hydrogens is 462 g/mol. The quantitative estimate of drug-likeness (QED) is 0.471. The number of anilines is 1. The summed E-state index contributed by atoms with van der Waals surface area (Å²) >= 11 is 0. The van der Waals surface area contributed by atoms with Crippen LogP contribution in [0.25, 0.3) is 0 Å². The maximum absolute atomic E-state index is 12.4. The van der Waals surface area contributed by atoms with E-state index in [0.29, 0.717) is 22.7 Å². The van der Waals surface area contributed by atoms with Crippen molar-refractivity contribution >= 4 is 29.4 Å². The average molecular weight is 488 g/mol. The molecule has 0 radical (unpaired) electrons. The SMILES string of the molecule is Cc1cccc(C(=O)NN2C[C@H](C(=O)OCC(=O)Nc3ccc(Oc4ccccc4)cc3)CC2=O)c1. The number of hydrogen-bond donors (Lipinski definition) is 2. The van der Waals surface area contributed by atoms with E-state index in [2.05, 4.69) is 10.7 Å². The molecule has 184 valence electrons. The number of ether oxygens (including phenoxy) is 2. The highest BCUT2D eigenvalue weighted by atomic mass is 16.5. The number of rotatable bonds is 8. The second-order valence-electron chi connectivity index (χ2n) is 8.31. The first-order valence-corrected chi connectivity index (χ1v) is 11.3. The van der Waals surface area contributed by atoms with E-state index in [1.54, 1.807) is 42.5 Å². The first kappa shape index (κ1) is 24.5. The largest absolute Gasteiger partial charge is 0.457 e. The zero-order valence-electron chi connectivity index (χ0n) is 19.6. The molecular formula is C27H25N3O6. The van der Waals surface area contributed by atoms with Crippen molar-refractivity contribution in [2.45, 2.75) is 13.3 Å². The normalized spacial score (nSPS) is 14.8. The molecule has 1 fully saturated rings. The van der Waals surface area contributed by atoms with Crippen molar-refractivity contribution in [3.05, 3.63) is 90.0 Å². The number of hydrazine groups is 1. The molecule has 9 nitrogen and oxygen atoms in total. The van der Waals surface area contributed by atoms with Crippen molar-refractivity contribution in [3.8, 4) is 11.5 Å². The Kier molecular flexibility index (Phi) is 7.60. The molecule has 0 bridgehead atoms. The minimum absolute atomic E-state index is 0.0281. The van der Waals surface area contributed by atoms with E-state index < -0.39 is 36.2 Å². The average Bonchev–Trinajstić information content (AvgIpc) is 3.24. The number of nitrogens with one attached hydrogen (secondary N) is 2. The van der Waals surface area contributed by atoms with Crippen molar-refractivity contribution < 1.29 is 28.7 Å². The number of amides is 3. The van der Waals surface area contributed by atoms with E-state index in [0.717, 1.165) is 10.6 Å². The molecule has 3 amide bonds. The van der Waals surface area contributed by atoms with Gasteiger partial charge in [-0.2, -0.15) is 0 Å². The number of carbonyl (C=O) groups is 4. The monoisotopic (exact) mass is 487 g/mol. The molecule has 9 heteroatoms. The Morgan fingerprint density at radius 2 is 1.67 bits per heavy atom. The molecule has 0 spiro atoms. The molecule has 1 saturated heterocycles. The van der Waals surface area contributed by atoms with Gasteiger partial charge in [-0.05, 0) is 55.5 Å². The van der Waals surface area contributed by atoms with Crippen molar-refractivity contribution in [3.63, 3.8) is 0 Å². The summed E-state index contributed by atoms with van der Waals surface area (Å²) in [6.07, 6.45) is -0.114. The van der Waals surface area contributed by atoms with Crippen molar-refractivity contribution in [1.29, 1.82) is 0 Å². The summed E-state index contributed by atoms with van der Waals surface area (Å²) in [6, 6.07) is 23.0. The molecule has 2 N–H and O–H groups in total. The maximum atomic E-state index is 12.4. The predicted molar refractivity (Wildman–Crippen MR) is 131 cm³/mol. The van der Waals surface area contributed by atoms with Crippen LogP contribution < -0.4 is 15.5 Å². The van der Waals surface area contributed by atoms with E-state index >= 15 is 0 Å². The third-order valence-corrected chi connectivity index (χ3v) is 5.44. The molecule has 1 aliphatic heterocycles. The number of para-hydroxylation sites is 1. The van der Waals surface area contributed by atoms with Gasteiger partial charge in [0.1, 0.15) is 11.5 Å². The summed E-state index contributed by atoms with van der Waals surface area (Å²) in [4.78, 5) is 49.3. The van der Waals surface area contributed by atoms with Gasteiger partial charge in [0, 0.05) is 17.7 Å². The van der Waals surface area contributed by atoms with E-state index in [1.165, 1.54) is 0 Å². The minimum atomic E-state index is -0.780. The fraction of sp³-hybridized carbons (Fsp3) is 0.185. The van der Waals surface area contributed by atoms with Gasteiger partial charge in [0.2, 0.25) is 5.91 Å². The lowest BCUT2D eigenvalue weighted by atomic mass is 10.1. The topological polar surface area (TPSA) is 114 Å². The van der Waals surface area contributed by atoms with E-state index in [9.17, 15) is 19.2 Å². The molecule has 1 atom stereocenters. The summed E-state index contributed by atoms with van der Waals surface area (Å²) in [5.74, 6) is -1.53. The van der Waals surface area contributed by atoms with E-state index in [1.807, 2.05) is 43.3 Å². The predicted octanol–water partition coefficient (Wildman–Crippen LogP) is 3.46. The highest BCUT2D eigenvalue weighted by molar-refractivity contribution is 5.97. The van der Waals surface area contributed by atoms with Gasteiger partial charge < -0.3 is 14.8 Å². The van der Waals surface area contributed by atoms with Crippen LogP contribution in [0, 0.1) is 12.8 Å². The van der Waals surface area contributed by atoms with Crippen LogP contribution in [-0.4, -0.2) is 41.9 Å². The number of aryl methyl sites for hydroxylation is 1. The van der Waals surface area contributed by atoms with Crippen molar-refractivity contribution in [2.24, 2.45) is 5.92 Å². The van der Waals surface area contributed by atoms with Gasteiger partial charge in [-0.1, -0.05) is 35.9 Å². The molecule has 0 unspecified atom stereocenters. The maximum Gasteiger partial charge on any atom is 0.311 e. The van der Waals surface area contributed by atoms with Crippen LogP contribution in [0.3, 0.4) is 0 Å². The van der Waals surface area contributed by atoms with Crippen molar-refractivity contribution in [1.82, 2.24) is 10.4 Å². The van der Waals surface area contributed by atoms with Crippen LogP contribution in [0.5, 0.6) is 11.5 Å². The van der Waals surface area contributed by atoms with Gasteiger partial charge in [-0.25, -0.2) is 0 Å². The number of esters is 1. The zero-order valence-corrected chi connectivity index (χ0v) is 19.6. The standard InChI is InChI=1S/C27H25N3O6/c1-18-6-5-7-19(14-18)26(33)29-30-16-20(15-25(30)32)27(34)35-17-24(31)28-21-10-12-23(13-11-21)36-22-8-3-2-4-9-22/h2-14,20H,15-17H2,1H3,(H,28,31)(H,29,33)/t20-/m1/s1. The molecule has 0 aliphatic carbocycles. The van der Waals surface area contributed by atoms with E-state index in [-0.39, 0.29) is 13.0 Å². The smallest absolute Gasteiger partial charge is 0.311 e. The Bertz CT molecular complexity index is 1260. The molecule has 3 aromatic carbocycles. The first-order chi connectivity index (χ1) is 17.4. The second-order valence-corrected chi connectivity index (χ2v) is 8.31. The third kappa shape index (κ3) is 6.47. The first-order valence-electron chi connectivity index (χ1n) is 11.3. The van der Waals surface area contributed by atoms with Crippen LogP contribution >= 0.6 is 0 Å². The summed E-state index contributed by atoms with van der Waals surface area (Å²) in [7, 11) is 0. The Morgan fingerprint density at radius 3 is 2.39 bits per heavy atom. The van der Waals surface area contributed by atoms with Crippen LogP contribution in [0.1, 0.15) is 22.3 Å². The van der Waals surface area contributed by atoms with Crippen molar-refractivity contribution in [2.75, 3.05) is 18.5 Å². The number of hydrogen-bond acceptors (Lipinski definition) is 6. The molecule has 0 saturated carbocycles. The Labute approximate surface area is 208 Å². The van der Waals surface area contributed by atoms with Crippen LogP contribution in [-0.2, 0) is 19.1 Å². The molecule has 3 aromatic rings. The van der Waals surface area contributed by atoms with Gasteiger partial charge in [-0.3, -0.25) is 29.6 Å². The fourth-order valence-electron chi connectivity index (χ4n) is 3.63.